The first-order chi connectivity index (χ1) is 16.6. The van der Waals surface area contributed by atoms with E-state index in [4.69, 9.17) is 20.9 Å². The van der Waals surface area contributed by atoms with Crippen molar-refractivity contribution in [1.29, 1.82) is 0 Å². The van der Waals surface area contributed by atoms with Gasteiger partial charge in [-0.05, 0) is 121 Å². The monoisotopic (exact) mass is 450 g/mol. The molecule has 0 atom stereocenters. The Hall–Kier alpha value is -3.92. The third-order valence-corrected chi connectivity index (χ3v) is 6.66. The van der Waals surface area contributed by atoms with E-state index < -0.39 is 0 Å². The molecular weight excluding hydrogens is 420 g/mol. The fourth-order valence-corrected chi connectivity index (χ4v) is 4.72. The van der Waals surface area contributed by atoms with E-state index >= 15 is 0 Å². The minimum Gasteiger partial charge on any atom is -0.457 e. The average molecular weight is 451 g/mol. The Bertz CT molecular complexity index is 1090. The van der Waals surface area contributed by atoms with Crippen LogP contribution in [-0.4, -0.2) is 0 Å². The smallest absolute Gasteiger partial charge is 0.127 e. The highest BCUT2D eigenvalue weighted by atomic mass is 16.5. The maximum atomic E-state index is 5.93. The normalized spacial score (nSPS) is 17.8. The summed E-state index contributed by atoms with van der Waals surface area (Å²) in [5.41, 5.74) is 15.8. The van der Waals surface area contributed by atoms with Crippen LogP contribution in [0.3, 0.4) is 0 Å². The van der Waals surface area contributed by atoms with Gasteiger partial charge in [-0.25, -0.2) is 0 Å². The maximum absolute atomic E-state index is 5.93. The van der Waals surface area contributed by atoms with Crippen molar-refractivity contribution in [2.24, 2.45) is 0 Å². The standard InChI is InChI=1S/C30H30N2O2/c31-25-9-17-29(18-10-25)33-27-13-5-23(6-14-27)21-1-2-22(4-3-21)24-7-15-28(16-8-24)34-30-19-11-26(32)12-20-30/h5-22H,1-4,31-32H2. The van der Waals surface area contributed by atoms with Gasteiger partial charge in [0.05, 0.1) is 0 Å². The number of ether oxygens (including phenoxy) is 2. The molecule has 1 fully saturated rings. The Kier molecular flexibility index (Phi) is 6.39. The molecule has 5 rings (SSSR count). The van der Waals surface area contributed by atoms with Crippen molar-refractivity contribution < 1.29 is 9.47 Å². The molecule has 0 heterocycles. The van der Waals surface area contributed by atoms with E-state index in [1.807, 2.05) is 48.5 Å². The molecule has 0 amide bonds. The average Bonchev–Trinajstić information content (AvgIpc) is 2.88. The van der Waals surface area contributed by atoms with Crippen molar-refractivity contribution in [2.45, 2.75) is 37.5 Å². The Labute approximate surface area is 201 Å². The predicted molar refractivity (Wildman–Crippen MR) is 139 cm³/mol. The van der Waals surface area contributed by atoms with Crippen LogP contribution in [0.15, 0.2) is 97.1 Å². The van der Waals surface area contributed by atoms with E-state index in [1.54, 1.807) is 0 Å². The molecule has 0 spiro atoms. The fourth-order valence-electron chi connectivity index (χ4n) is 4.72. The summed E-state index contributed by atoms with van der Waals surface area (Å²) in [6.45, 7) is 0. The van der Waals surface area contributed by atoms with Gasteiger partial charge in [-0.3, -0.25) is 0 Å². The molecule has 0 unspecified atom stereocenters. The number of hydrogen-bond acceptors (Lipinski definition) is 4. The summed E-state index contributed by atoms with van der Waals surface area (Å²) in [5, 5.41) is 0. The maximum Gasteiger partial charge on any atom is 0.127 e. The van der Waals surface area contributed by atoms with Gasteiger partial charge in [0.2, 0.25) is 0 Å². The molecule has 1 saturated carbocycles. The number of nitrogen functional groups attached to an aromatic ring is 2. The van der Waals surface area contributed by atoms with Crippen LogP contribution in [0.1, 0.15) is 48.6 Å². The first-order valence-electron chi connectivity index (χ1n) is 11.9. The SMILES string of the molecule is Nc1ccc(Oc2ccc(C3CCC(c4ccc(Oc5ccc(N)cc5)cc4)CC3)cc2)cc1. The largest absolute Gasteiger partial charge is 0.457 e. The lowest BCUT2D eigenvalue weighted by atomic mass is 9.76. The highest BCUT2D eigenvalue weighted by Gasteiger charge is 2.23. The summed E-state index contributed by atoms with van der Waals surface area (Å²) in [6.07, 6.45) is 4.80. The molecule has 0 aliphatic heterocycles. The summed E-state index contributed by atoms with van der Waals surface area (Å²) in [4.78, 5) is 0. The topological polar surface area (TPSA) is 70.5 Å². The number of benzene rings is 4. The third kappa shape index (κ3) is 5.34. The zero-order valence-electron chi connectivity index (χ0n) is 19.2. The van der Waals surface area contributed by atoms with Gasteiger partial charge in [0.25, 0.3) is 0 Å². The van der Waals surface area contributed by atoms with Crippen molar-refractivity contribution >= 4 is 11.4 Å². The number of anilines is 2. The Morgan fingerprint density at radius 2 is 0.676 bits per heavy atom. The zero-order chi connectivity index (χ0) is 23.3. The Morgan fingerprint density at radius 1 is 0.412 bits per heavy atom. The highest BCUT2D eigenvalue weighted by molar-refractivity contribution is 5.44. The molecule has 1 aliphatic carbocycles. The second-order valence-electron chi connectivity index (χ2n) is 9.03. The molecule has 4 nitrogen and oxygen atoms in total. The van der Waals surface area contributed by atoms with E-state index in [-0.39, 0.29) is 0 Å². The predicted octanol–water partition coefficient (Wildman–Crippen LogP) is 7.88. The van der Waals surface area contributed by atoms with Crippen LogP contribution in [0, 0.1) is 0 Å². The molecule has 4 aromatic rings. The molecule has 4 aromatic carbocycles. The van der Waals surface area contributed by atoms with E-state index in [9.17, 15) is 0 Å². The summed E-state index contributed by atoms with van der Waals surface area (Å²) in [5.74, 6) is 4.51. The van der Waals surface area contributed by atoms with Gasteiger partial charge in [0.1, 0.15) is 23.0 Å². The molecule has 172 valence electrons. The van der Waals surface area contributed by atoms with Crippen LogP contribution in [0.2, 0.25) is 0 Å². The Morgan fingerprint density at radius 3 is 0.971 bits per heavy atom. The van der Waals surface area contributed by atoms with Crippen molar-refractivity contribution in [3.05, 3.63) is 108 Å². The van der Waals surface area contributed by atoms with Crippen molar-refractivity contribution in [3.8, 4) is 23.0 Å². The molecule has 0 saturated heterocycles. The van der Waals surface area contributed by atoms with Gasteiger partial charge in [0.15, 0.2) is 0 Å². The van der Waals surface area contributed by atoms with E-state index in [0.29, 0.717) is 11.8 Å². The van der Waals surface area contributed by atoms with Crippen LogP contribution < -0.4 is 20.9 Å². The number of nitrogens with two attached hydrogens (primary N) is 2. The summed E-state index contributed by atoms with van der Waals surface area (Å²) >= 11 is 0. The van der Waals surface area contributed by atoms with Gasteiger partial charge in [-0.15, -0.1) is 0 Å². The number of hydrogen-bond donors (Lipinski definition) is 2. The van der Waals surface area contributed by atoms with Crippen LogP contribution in [-0.2, 0) is 0 Å². The van der Waals surface area contributed by atoms with Gasteiger partial charge in [-0.1, -0.05) is 24.3 Å². The summed E-state index contributed by atoms with van der Waals surface area (Å²) < 4.78 is 11.9. The molecule has 34 heavy (non-hydrogen) atoms. The zero-order valence-corrected chi connectivity index (χ0v) is 19.2. The van der Waals surface area contributed by atoms with Crippen LogP contribution >= 0.6 is 0 Å². The van der Waals surface area contributed by atoms with E-state index in [1.165, 1.54) is 36.8 Å². The van der Waals surface area contributed by atoms with Gasteiger partial charge >= 0.3 is 0 Å². The molecular formula is C30H30N2O2. The molecule has 0 radical (unpaired) electrons. The fraction of sp³-hybridized carbons (Fsp3) is 0.200. The first-order valence-corrected chi connectivity index (χ1v) is 11.9. The van der Waals surface area contributed by atoms with E-state index in [0.717, 1.165) is 34.4 Å². The summed E-state index contributed by atoms with van der Waals surface area (Å²) in [6, 6.07) is 32.1. The molecule has 4 heteroatoms. The summed E-state index contributed by atoms with van der Waals surface area (Å²) in [7, 11) is 0. The van der Waals surface area contributed by atoms with Crippen molar-refractivity contribution in [2.75, 3.05) is 11.5 Å². The highest BCUT2D eigenvalue weighted by Crippen LogP contribution is 2.41. The van der Waals surface area contributed by atoms with Gasteiger partial charge in [0, 0.05) is 11.4 Å². The van der Waals surface area contributed by atoms with Crippen LogP contribution in [0.4, 0.5) is 11.4 Å². The lowest BCUT2D eigenvalue weighted by molar-refractivity contribution is 0.395. The Balaban J connectivity index is 1.14. The van der Waals surface area contributed by atoms with Crippen LogP contribution in [0.25, 0.3) is 0 Å². The number of rotatable bonds is 6. The first kappa shape index (κ1) is 21.9. The second-order valence-corrected chi connectivity index (χ2v) is 9.03. The van der Waals surface area contributed by atoms with Crippen molar-refractivity contribution in [3.63, 3.8) is 0 Å². The molecule has 4 N–H and O–H groups in total. The minimum atomic E-state index is 0.606. The minimum absolute atomic E-state index is 0.606. The molecule has 0 aromatic heterocycles. The molecule has 0 bridgehead atoms. The van der Waals surface area contributed by atoms with Gasteiger partial charge in [-0.2, -0.15) is 0 Å². The quantitative estimate of drug-likeness (QED) is 0.293. The third-order valence-electron chi connectivity index (χ3n) is 6.66. The van der Waals surface area contributed by atoms with Gasteiger partial charge < -0.3 is 20.9 Å². The lowest BCUT2D eigenvalue weighted by Crippen LogP contribution is -2.12. The lowest BCUT2D eigenvalue weighted by Gasteiger charge is -2.29. The second kappa shape index (κ2) is 9.92. The molecule has 1 aliphatic rings. The van der Waals surface area contributed by atoms with E-state index in [2.05, 4.69) is 48.5 Å². The van der Waals surface area contributed by atoms with Crippen LogP contribution in [0.5, 0.6) is 23.0 Å². The van der Waals surface area contributed by atoms with Crippen molar-refractivity contribution in [1.82, 2.24) is 0 Å².